The predicted molar refractivity (Wildman–Crippen MR) is 232 cm³/mol. The Morgan fingerprint density at radius 2 is 1.37 bits per heavy atom. The summed E-state index contributed by atoms with van der Waals surface area (Å²) in [4.78, 5) is 51.2. The molecule has 0 aliphatic carbocycles. The average molecular weight is 796 g/mol. The molecule has 1 aromatic heterocycles. The Balaban J connectivity index is 1.35. The van der Waals surface area contributed by atoms with E-state index in [0.717, 1.165) is 38.5 Å². The van der Waals surface area contributed by atoms with E-state index >= 15 is 0 Å². The lowest BCUT2D eigenvalue weighted by atomic mass is 10.1. The van der Waals surface area contributed by atoms with Crippen LogP contribution in [0.3, 0.4) is 0 Å². The molecule has 1 atom stereocenters. The highest BCUT2D eigenvalue weighted by Gasteiger charge is 2.24. The lowest BCUT2D eigenvalue weighted by molar-refractivity contribution is -0.142. The molecule has 0 aliphatic rings. The minimum absolute atomic E-state index is 0.0571. The largest absolute Gasteiger partial charge is 0.497 e. The van der Waals surface area contributed by atoms with Gasteiger partial charge in [-0.3, -0.25) is 19.0 Å². The number of unbranched alkanes of at least 4 members (excludes halogenated alkanes) is 1. The summed E-state index contributed by atoms with van der Waals surface area (Å²) in [5.41, 5.74) is 2.19. The molecule has 2 amide bonds. The number of methoxy groups -OCH3 is 1. The number of rotatable bonds is 25. The molecule has 0 saturated heterocycles. The number of carbonyl (C=O) groups excluding carboxylic acids is 3. The standard InChI is InChI=1S/C47H58ClN3O6/c1-4-5-6-7-8-9-10-11-12-13-14-15-16-17-18-19-20-21-22-26-44(52)49-33-24-23-25-42(47(55)56)50-45(53)35-40-36(2)51(43-32-31-39(57-3)34-41(40)43)46(54)37-27-29-38(48)30-28-37/h5-6,8-9,11-12,14-15,17-18,20-21,27-32,34,42H,4,7,10,13,16,19,22-26,33,35H2,1-3H3,(H,49,52)(H,50,53)(H,55,56). The molecule has 0 fully saturated rings. The van der Waals surface area contributed by atoms with E-state index in [1.165, 1.54) is 7.11 Å². The van der Waals surface area contributed by atoms with Gasteiger partial charge in [-0.1, -0.05) is 91.4 Å². The van der Waals surface area contributed by atoms with Crippen LogP contribution >= 0.6 is 11.6 Å². The first-order chi connectivity index (χ1) is 27.7. The zero-order valence-electron chi connectivity index (χ0n) is 33.6. The molecule has 0 bridgehead atoms. The number of amides is 2. The number of allylic oxidation sites excluding steroid dienone is 12. The second-order valence-corrected chi connectivity index (χ2v) is 14.0. The van der Waals surface area contributed by atoms with E-state index in [2.05, 4.69) is 84.4 Å². The molecular weight excluding hydrogens is 738 g/mol. The maximum Gasteiger partial charge on any atom is 0.326 e. The number of carboxylic acid groups (broad SMARTS) is 1. The van der Waals surface area contributed by atoms with Crippen LogP contribution in [0.1, 0.15) is 99.2 Å². The molecule has 2 aromatic carbocycles. The second kappa shape index (κ2) is 26.4. The number of nitrogens with one attached hydrogen (secondary N) is 2. The Labute approximate surface area is 342 Å². The van der Waals surface area contributed by atoms with Crippen molar-refractivity contribution in [2.45, 2.75) is 96.9 Å². The molecule has 57 heavy (non-hydrogen) atoms. The Hall–Kier alpha value is -5.41. The second-order valence-electron chi connectivity index (χ2n) is 13.5. The van der Waals surface area contributed by atoms with Crippen molar-refractivity contribution in [2.75, 3.05) is 13.7 Å². The summed E-state index contributed by atoms with van der Waals surface area (Å²) in [6.45, 7) is 4.32. The van der Waals surface area contributed by atoms with Gasteiger partial charge < -0.3 is 20.5 Å². The monoisotopic (exact) mass is 795 g/mol. The topological polar surface area (TPSA) is 127 Å². The van der Waals surface area contributed by atoms with E-state index < -0.39 is 17.9 Å². The number of aliphatic carboxylic acids is 1. The van der Waals surface area contributed by atoms with Crippen LogP contribution in [0.5, 0.6) is 5.75 Å². The number of benzene rings is 2. The van der Waals surface area contributed by atoms with E-state index in [1.807, 2.05) is 6.08 Å². The predicted octanol–water partition coefficient (Wildman–Crippen LogP) is 10.2. The van der Waals surface area contributed by atoms with Gasteiger partial charge in [-0.25, -0.2) is 4.79 Å². The molecule has 10 heteroatoms. The number of aromatic nitrogens is 1. The molecule has 0 spiro atoms. The highest BCUT2D eigenvalue weighted by Crippen LogP contribution is 2.31. The molecule has 1 unspecified atom stereocenters. The van der Waals surface area contributed by atoms with Crippen LogP contribution in [0.25, 0.3) is 10.9 Å². The Morgan fingerprint density at radius 3 is 1.93 bits per heavy atom. The smallest absolute Gasteiger partial charge is 0.326 e. The summed E-state index contributed by atoms with van der Waals surface area (Å²) < 4.78 is 6.96. The van der Waals surface area contributed by atoms with Gasteiger partial charge in [0.25, 0.3) is 5.91 Å². The third kappa shape index (κ3) is 16.7. The Bertz CT molecular complexity index is 1930. The summed E-state index contributed by atoms with van der Waals surface area (Å²) in [7, 11) is 1.53. The first-order valence-electron chi connectivity index (χ1n) is 19.8. The molecule has 9 nitrogen and oxygen atoms in total. The molecular formula is C47H58ClN3O6. The molecule has 3 N–H and O–H groups in total. The van der Waals surface area contributed by atoms with Gasteiger partial charge in [0, 0.05) is 34.6 Å². The highest BCUT2D eigenvalue weighted by atomic mass is 35.5. The van der Waals surface area contributed by atoms with Crippen LogP contribution in [0.15, 0.2) is 115 Å². The fourth-order valence-electron chi connectivity index (χ4n) is 6.10. The van der Waals surface area contributed by atoms with Crippen molar-refractivity contribution in [1.82, 2.24) is 15.2 Å². The third-order valence-electron chi connectivity index (χ3n) is 9.18. The molecule has 1 heterocycles. The number of fused-ring (bicyclic) bond motifs is 1. The first-order valence-corrected chi connectivity index (χ1v) is 20.2. The van der Waals surface area contributed by atoms with Gasteiger partial charge in [0.1, 0.15) is 11.8 Å². The van der Waals surface area contributed by atoms with Crippen molar-refractivity contribution in [3.05, 3.63) is 137 Å². The van der Waals surface area contributed by atoms with Gasteiger partial charge in [-0.2, -0.15) is 0 Å². The number of ether oxygens (including phenoxy) is 1. The molecule has 3 rings (SSSR count). The molecule has 3 aromatic rings. The maximum absolute atomic E-state index is 13.6. The minimum atomic E-state index is -1.14. The Morgan fingerprint density at radius 1 is 0.789 bits per heavy atom. The normalized spacial score (nSPS) is 12.6. The SMILES string of the molecule is CCC=CCC=CCC=CCC=CCC=CCC=CCCC(=O)NCCCCC(NC(=O)Cc1c(C)n(C(=O)c2ccc(Cl)cc2)c2ccc(OC)cc12)C(=O)O. The van der Waals surface area contributed by atoms with Crippen molar-refractivity contribution < 1.29 is 29.0 Å². The van der Waals surface area contributed by atoms with E-state index in [9.17, 15) is 24.3 Å². The Kier molecular flexibility index (Phi) is 21.3. The summed E-state index contributed by atoms with van der Waals surface area (Å²) in [5.74, 6) is -1.39. The van der Waals surface area contributed by atoms with Crippen LogP contribution in [-0.2, 0) is 20.8 Å². The number of hydrogen-bond acceptors (Lipinski definition) is 5. The molecule has 0 saturated carbocycles. The summed E-state index contributed by atoms with van der Waals surface area (Å²) in [6.07, 6.45) is 33.6. The van der Waals surface area contributed by atoms with E-state index in [0.29, 0.717) is 70.7 Å². The molecule has 304 valence electrons. The highest BCUT2D eigenvalue weighted by molar-refractivity contribution is 6.30. The quantitative estimate of drug-likeness (QED) is 0.0579. The third-order valence-corrected chi connectivity index (χ3v) is 9.44. The zero-order valence-corrected chi connectivity index (χ0v) is 34.3. The number of halogens is 1. The summed E-state index contributed by atoms with van der Waals surface area (Å²) >= 11 is 6.03. The lowest BCUT2D eigenvalue weighted by Crippen LogP contribution is -2.41. The zero-order chi connectivity index (χ0) is 41.3. The first kappa shape index (κ1) is 46.0. The van der Waals surface area contributed by atoms with Crippen LogP contribution < -0.4 is 15.4 Å². The van der Waals surface area contributed by atoms with Crippen LogP contribution in [0, 0.1) is 6.92 Å². The summed E-state index contributed by atoms with van der Waals surface area (Å²) in [5, 5.41) is 16.6. The van der Waals surface area contributed by atoms with Crippen LogP contribution in [0.2, 0.25) is 5.02 Å². The van der Waals surface area contributed by atoms with Crippen molar-refractivity contribution in [2.24, 2.45) is 0 Å². The van der Waals surface area contributed by atoms with E-state index in [-0.39, 0.29) is 24.7 Å². The minimum Gasteiger partial charge on any atom is -0.497 e. The van der Waals surface area contributed by atoms with Crippen molar-refractivity contribution in [3.63, 3.8) is 0 Å². The summed E-state index contributed by atoms with van der Waals surface area (Å²) in [6, 6.07) is 10.7. The lowest BCUT2D eigenvalue weighted by Gasteiger charge is -2.15. The number of nitrogens with zero attached hydrogens (tertiary/aromatic N) is 1. The number of hydrogen-bond donors (Lipinski definition) is 3. The van der Waals surface area contributed by atoms with E-state index in [1.54, 1.807) is 54.0 Å². The van der Waals surface area contributed by atoms with Crippen molar-refractivity contribution >= 4 is 46.2 Å². The fourth-order valence-corrected chi connectivity index (χ4v) is 6.23. The molecule has 0 radical (unpaired) electrons. The molecule has 0 aliphatic heterocycles. The maximum atomic E-state index is 13.6. The van der Waals surface area contributed by atoms with Crippen molar-refractivity contribution in [1.29, 1.82) is 0 Å². The van der Waals surface area contributed by atoms with Crippen LogP contribution in [0.4, 0.5) is 0 Å². The van der Waals surface area contributed by atoms with Gasteiger partial charge in [-0.05, 0) is 119 Å². The van der Waals surface area contributed by atoms with Gasteiger partial charge in [0.2, 0.25) is 11.8 Å². The van der Waals surface area contributed by atoms with Gasteiger partial charge in [0.15, 0.2) is 0 Å². The van der Waals surface area contributed by atoms with Gasteiger partial charge >= 0.3 is 5.97 Å². The number of carboxylic acids is 1. The van der Waals surface area contributed by atoms with E-state index in [4.69, 9.17) is 16.3 Å². The fraction of sp³-hybridized carbons (Fsp3) is 0.362. The van der Waals surface area contributed by atoms with Crippen molar-refractivity contribution in [3.8, 4) is 5.75 Å². The average Bonchev–Trinajstić information content (AvgIpc) is 3.47. The number of carbonyl (C=O) groups is 4. The van der Waals surface area contributed by atoms with Crippen LogP contribution in [-0.4, -0.2) is 53.1 Å². The van der Waals surface area contributed by atoms with Gasteiger partial charge in [-0.15, -0.1) is 0 Å². The van der Waals surface area contributed by atoms with Gasteiger partial charge in [0.05, 0.1) is 19.0 Å².